The predicted molar refractivity (Wildman–Crippen MR) is 68.8 cm³/mol. The molecule has 6 heteroatoms. The standard InChI is InChI=1S/C12H14N6/c13-7-9-3-1-4-10(12(9)14)15-6-2-5-11-16-8-17-18-11/h1,3-4,8,15H,2,5-6,14H2,(H,16,17,18). The van der Waals surface area contributed by atoms with Crippen molar-refractivity contribution in [2.24, 2.45) is 0 Å². The third-order valence-corrected chi connectivity index (χ3v) is 2.60. The van der Waals surface area contributed by atoms with E-state index in [1.165, 1.54) is 6.33 Å². The number of nitriles is 1. The molecule has 1 heterocycles. The van der Waals surface area contributed by atoms with Crippen LogP contribution in [0.2, 0.25) is 0 Å². The van der Waals surface area contributed by atoms with E-state index in [2.05, 4.69) is 26.6 Å². The van der Waals surface area contributed by atoms with Crippen LogP contribution in [-0.2, 0) is 6.42 Å². The van der Waals surface area contributed by atoms with Gasteiger partial charge in [-0.1, -0.05) is 6.07 Å². The number of aromatic amines is 1. The van der Waals surface area contributed by atoms with Gasteiger partial charge in [0.15, 0.2) is 0 Å². The van der Waals surface area contributed by atoms with Crippen LogP contribution in [0.15, 0.2) is 24.5 Å². The second kappa shape index (κ2) is 5.68. The minimum atomic E-state index is 0.496. The lowest BCUT2D eigenvalue weighted by Crippen LogP contribution is -2.06. The minimum absolute atomic E-state index is 0.496. The molecule has 0 amide bonds. The van der Waals surface area contributed by atoms with E-state index >= 15 is 0 Å². The molecule has 18 heavy (non-hydrogen) atoms. The molecule has 92 valence electrons. The zero-order valence-corrected chi connectivity index (χ0v) is 9.85. The lowest BCUT2D eigenvalue weighted by molar-refractivity contribution is 0.806. The van der Waals surface area contributed by atoms with Gasteiger partial charge in [0.05, 0.1) is 16.9 Å². The SMILES string of the molecule is N#Cc1cccc(NCCCc2ncn[nH]2)c1N. The average molecular weight is 242 g/mol. The number of H-pyrrole nitrogens is 1. The molecule has 0 bridgehead atoms. The van der Waals surface area contributed by atoms with Crippen molar-refractivity contribution in [1.29, 1.82) is 5.26 Å². The van der Waals surface area contributed by atoms with Crippen LogP contribution in [0.3, 0.4) is 0 Å². The van der Waals surface area contributed by atoms with Gasteiger partial charge in [0.2, 0.25) is 0 Å². The molecule has 0 unspecified atom stereocenters. The highest BCUT2D eigenvalue weighted by molar-refractivity contribution is 5.72. The maximum atomic E-state index is 8.86. The van der Waals surface area contributed by atoms with Crippen LogP contribution in [0.1, 0.15) is 17.8 Å². The Bertz CT molecular complexity index is 540. The molecular weight excluding hydrogens is 228 g/mol. The zero-order valence-electron chi connectivity index (χ0n) is 9.85. The summed E-state index contributed by atoms with van der Waals surface area (Å²) in [5.41, 5.74) is 7.65. The number of rotatable bonds is 5. The van der Waals surface area contributed by atoms with Crippen LogP contribution in [0, 0.1) is 11.3 Å². The number of benzene rings is 1. The highest BCUT2D eigenvalue weighted by Crippen LogP contribution is 2.21. The number of para-hydroxylation sites is 1. The summed E-state index contributed by atoms with van der Waals surface area (Å²) in [5, 5.41) is 18.7. The monoisotopic (exact) mass is 242 g/mol. The Morgan fingerprint density at radius 1 is 1.44 bits per heavy atom. The number of hydrogen-bond acceptors (Lipinski definition) is 5. The number of aryl methyl sites for hydroxylation is 1. The third kappa shape index (κ3) is 2.77. The van der Waals surface area contributed by atoms with Crippen molar-refractivity contribution >= 4 is 11.4 Å². The minimum Gasteiger partial charge on any atom is -0.396 e. The second-order valence-corrected chi connectivity index (χ2v) is 3.84. The van der Waals surface area contributed by atoms with E-state index in [1.54, 1.807) is 6.07 Å². The van der Waals surface area contributed by atoms with Crippen molar-refractivity contribution in [2.75, 3.05) is 17.6 Å². The summed E-state index contributed by atoms with van der Waals surface area (Å²) in [7, 11) is 0. The molecule has 6 nitrogen and oxygen atoms in total. The van der Waals surface area contributed by atoms with Crippen molar-refractivity contribution in [3.8, 4) is 6.07 Å². The topological polar surface area (TPSA) is 103 Å². The van der Waals surface area contributed by atoms with E-state index in [9.17, 15) is 0 Å². The summed E-state index contributed by atoms with van der Waals surface area (Å²) in [6.07, 6.45) is 3.23. The van der Waals surface area contributed by atoms with Crippen LogP contribution in [0.25, 0.3) is 0 Å². The quantitative estimate of drug-likeness (QED) is 0.541. The van der Waals surface area contributed by atoms with Gasteiger partial charge >= 0.3 is 0 Å². The summed E-state index contributed by atoms with van der Waals surface area (Å²) >= 11 is 0. The molecule has 2 rings (SSSR count). The maximum absolute atomic E-state index is 8.86. The first-order chi connectivity index (χ1) is 8.81. The summed E-state index contributed by atoms with van der Waals surface area (Å²) in [6, 6.07) is 7.44. The summed E-state index contributed by atoms with van der Waals surface area (Å²) < 4.78 is 0. The largest absolute Gasteiger partial charge is 0.396 e. The molecule has 0 atom stereocenters. The molecule has 0 saturated carbocycles. The Morgan fingerprint density at radius 2 is 2.33 bits per heavy atom. The van der Waals surface area contributed by atoms with E-state index in [1.807, 2.05) is 12.1 Å². The Kier molecular flexibility index (Phi) is 3.76. The fourth-order valence-electron chi connectivity index (χ4n) is 1.65. The van der Waals surface area contributed by atoms with Crippen LogP contribution < -0.4 is 11.1 Å². The highest BCUT2D eigenvalue weighted by atomic mass is 15.2. The average Bonchev–Trinajstić information content (AvgIpc) is 2.89. The molecule has 0 spiro atoms. The van der Waals surface area contributed by atoms with Crippen LogP contribution in [0.5, 0.6) is 0 Å². The zero-order chi connectivity index (χ0) is 12.8. The molecule has 0 aliphatic rings. The molecule has 0 aliphatic carbocycles. The first kappa shape index (κ1) is 11.9. The number of hydrogen-bond donors (Lipinski definition) is 3. The van der Waals surface area contributed by atoms with Crippen LogP contribution in [0.4, 0.5) is 11.4 Å². The maximum Gasteiger partial charge on any atom is 0.137 e. The molecule has 1 aromatic heterocycles. The van der Waals surface area contributed by atoms with Gasteiger partial charge in [-0.15, -0.1) is 0 Å². The van der Waals surface area contributed by atoms with Gasteiger partial charge in [0.1, 0.15) is 18.2 Å². The molecule has 4 N–H and O–H groups in total. The Labute approximate surface area is 105 Å². The number of nitrogens with one attached hydrogen (secondary N) is 2. The van der Waals surface area contributed by atoms with E-state index in [0.29, 0.717) is 11.3 Å². The molecule has 2 aromatic rings. The van der Waals surface area contributed by atoms with Crippen molar-refractivity contribution in [3.05, 3.63) is 35.9 Å². The number of aromatic nitrogens is 3. The first-order valence-corrected chi connectivity index (χ1v) is 5.68. The number of nitrogens with two attached hydrogens (primary N) is 1. The van der Waals surface area contributed by atoms with E-state index < -0.39 is 0 Å². The molecule has 0 saturated heterocycles. The van der Waals surface area contributed by atoms with Gasteiger partial charge in [-0.3, -0.25) is 5.10 Å². The molecule has 0 aliphatic heterocycles. The van der Waals surface area contributed by atoms with Gasteiger partial charge in [-0.25, -0.2) is 4.98 Å². The predicted octanol–water partition coefficient (Wildman–Crippen LogP) is 1.30. The Hall–Kier alpha value is -2.55. The third-order valence-electron chi connectivity index (χ3n) is 2.60. The van der Waals surface area contributed by atoms with E-state index in [-0.39, 0.29) is 0 Å². The smallest absolute Gasteiger partial charge is 0.137 e. The Morgan fingerprint density at radius 3 is 3.06 bits per heavy atom. The van der Waals surface area contributed by atoms with Gasteiger partial charge in [0.25, 0.3) is 0 Å². The van der Waals surface area contributed by atoms with Gasteiger partial charge in [0, 0.05) is 13.0 Å². The molecule has 0 radical (unpaired) electrons. The van der Waals surface area contributed by atoms with Gasteiger partial charge < -0.3 is 11.1 Å². The normalized spacial score (nSPS) is 9.94. The van der Waals surface area contributed by atoms with Crippen molar-refractivity contribution in [1.82, 2.24) is 15.2 Å². The van der Waals surface area contributed by atoms with Crippen LogP contribution >= 0.6 is 0 Å². The van der Waals surface area contributed by atoms with E-state index in [4.69, 9.17) is 11.0 Å². The van der Waals surface area contributed by atoms with Gasteiger partial charge in [-0.05, 0) is 18.6 Å². The fraction of sp³-hybridized carbons (Fsp3) is 0.250. The van der Waals surface area contributed by atoms with Crippen molar-refractivity contribution in [3.63, 3.8) is 0 Å². The number of anilines is 2. The highest BCUT2D eigenvalue weighted by Gasteiger charge is 2.03. The summed E-state index contributed by atoms with van der Waals surface area (Å²) in [6.45, 7) is 0.764. The number of nitrogen functional groups attached to an aromatic ring is 1. The Balaban J connectivity index is 1.85. The lowest BCUT2D eigenvalue weighted by atomic mass is 10.1. The first-order valence-electron chi connectivity index (χ1n) is 5.68. The molecule has 0 fully saturated rings. The summed E-state index contributed by atoms with van der Waals surface area (Å²) in [4.78, 5) is 4.04. The van der Waals surface area contributed by atoms with Gasteiger partial charge in [-0.2, -0.15) is 10.4 Å². The molecular formula is C12H14N6. The van der Waals surface area contributed by atoms with E-state index in [0.717, 1.165) is 30.9 Å². The lowest BCUT2D eigenvalue weighted by Gasteiger charge is -2.09. The van der Waals surface area contributed by atoms with Crippen molar-refractivity contribution < 1.29 is 0 Å². The fourth-order valence-corrected chi connectivity index (χ4v) is 1.65. The number of nitrogens with zero attached hydrogens (tertiary/aromatic N) is 3. The summed E-state index contributed by atoms with van der Waals surface area (Å²) in [5.74, 6) is 0.871. The van der Waals surface area contributed by atoms with Crippen LogP contribution in [-0.4, -0.2) is 21.7 Å². The van der Waals surface area contributed by atoms with Crippen molar-refractivity contribution in [2.45, 2.75) is 12.8 Å². The second-order valence-electron chi connectivity index (χ2n) is 3.84. The molecule has 1 aromatic carbocycles.